The van der Waals surface area contributed by atoms with E-state index in [9.17, 15) is 15.3 Å². The van der Waals surface area contributed by atoms with Gasteiger partial charge in [-0.25, -0.2) is 0 Å². The molecule has 2 heterocycles. The van der Waals surface area contributed by atoms with Crippen LogP contribution in [-0.4, -0.2) is 59.2 Å². The minimum absolute atomic E-state index is 0.132. The van der Waals surface area contributed by atoms with Gasteiger partial charge in [0.2, 0.25) is 11.6 Å². The highest BCUT2D eigenvalue weighted by atomic mass is 35.5. The van der Waals surface area contributed by atoms with Gasteiger partial charge in [-0.1, -0.05) is 29.8 Å². The molecule has 31 heavy (non-hydrogen) atoms. The Morgan fingerprint density at radius 1 is 1.03 bits per heavy atom. The molecule has 0 aliphatic carbocycles. The Morgan fingerprint density at radius 3 is 2.45 bits per heavy atom. The predicted octanol–water partition coefficient (Wildman–Crippen LogP) is 2.36. The van der Waals surface area contributed by atoms with Gasteiger partial charge < -0.3 is 34.3 Å². The van der Waals surface area contributed by atoms with Crippen LogP contribution in [-0.2, 0) is 26.4 Å². The number of aliphatic hydroxyl groups excluding tert-OH is 3. The van der Waals surface area contributed by atoms with Crippen LogP contribution < -0.4 is 4.74 Å². The summed E-state index contributed by atoms with van der Waals surface area (Å²) >= 11 is 6.45. The molecule has 5 atom stereocenters. The van der Waals surface area contributed by atoms with Crippen molar-refractivity contribution in [2.45, 2.75) is 50.2 Å². The molecular formula is C23H27ClO7. The van der Waals surface area contributed by atoms with Crippen molar-refractivity contribution in [3.63, 3.8) is 0 Å². The average Bonchev–Trinajstić information content (AvgIpc) is 3.14. The second kappa shape index (κ2) is 8.67. The molecule has 2 aliphatic rings. The first-order valence-electron chi connectivity index (χ1n) is 10.4. The molecule has 0 radical (unpaired) electrons. The van der Waals surface area contributed by atoms with Crippen molar-refractivity contribution >= 4 is 11.6 Å². The first-order chi connectivity index (χ1) is 14.8. The number of benzene rings is 2. The van der Waals surface area contributed by atoms with Crippen molar-refractivity contribution in [3.8, 4) is 5.75 Å². The fraction of sp³-hybridized carbons (Fsp3) is 0.478. The number of hydrogen-bond acceptors (Lipinski definition) is 7. The molecule has 2 aromatic rings. The van der Waals surface area contributed by atoms with Gasteiger partial charge >= 0.3 is 0 Å². The average molecular weight is 451 g/mol. The minimum Gasteiger partial charge on any atom is -0.494 e. The monoisotopic (exact) mass is 450 g/mol. The lowest BCUT2D eigenvalue weighted by Crippen LogP contribution is -2.65. The van der Waals surface area contributed by atoms with Crippen LogP contribution in [0, 0.1) is 0 Å². The first kappa shape index (κ1) is 22.5. The van der Waals surface area contributed by atoms with Crippen LogP contribution in [0.25, 0.3) is 0 Å². The van der Waals surface area contributed by atoms with E-state index in [1.54, 1.807) is 25.1 Å². The molecule has 2 aliphatic heterocycles. The summed E-state index contributed by atoms with van der Waals surface area (Å²) in [5, 5.41) is 32.3. The fourth-order valence-corrected chi connectivity index (χ4v) is 4.39. The Kier molecular flexibility index (Phi) is 6.29. The highest BCUT2D eigenvalue weighted by molar-refractivity contribution is 6.31. The molecule has 2 aromatic carbocycles. The van der Waals surface area contributed by atoms with Crippen molar-refractivity contribution in [1.82, 2.24) is 0 Å². The molecule has 0 saturated carbocycles. The molecule has 8 heteroatoms. The maximum atomic E-state index is 10.8. The van der Waals surface area contributed by atoms with Crippen LogP contribution in [0.3, 0.4) is 0 Å². The molecular weight excluding hydrogens is 424 g/mol. The summed E-state index contributed by atoms with van der Waals surface area (Å²) in [6.45, 7) is 4.39. The molecule has 0 amide bonds. The highest BCUT2D eigenvalue weighted by Gasteiger charge is 2.68. The summed E-state index contributed by atoms with van der Waals surface area (Å²) in [5.41, 5.74) is 2.31. The van der Waals surface area contributed by atoms with Gasteiger partial charge in [0.25, 0.3) is 0 Å². The van der Waals surface area contributed by atoms with Gasteiger partial charge in [-0.2, -0.15) is 0 Å². The van der Waals surface area contributed by atoms with E-state index in [1.165, 1.54) is 0 Å². The SMILES string of the molecule is CCOc1ccc(Cc2cc(C34OCC(OCC)(O3)C(O)C(O)C4O)ccc2Cl)cc1. The summed E-state index contributed by atoms with van der Waals surface area (Å²) in [6, 6.07) is 12.9. The number of rotatable bonds is 7. The van der Waals surface area contributed by atoms with Gasteiger partial charge in [-0.05, 0) is 55.7 Å². The summed E-state index contributed by atoms with van der Waals surface area (Å²) in [4.78, 5) is 0. The minimum atomic E-state index is -1.67. The van der Waals surface area contributed by atoms with Crippen LogP contribution >= 0.6 is 11.6 Å². The number of halogens is 1. The lowest BCUT2D eigenvalue weighted by atomic mass is 9.87. The Hall–Kier alpha value is -1.71. The maximum absolute atomic E-state index is 10.8. The third-order valence-corrected chi connectivity index (χ3v) is 6.13. The third kappa shape index (κ3) is 3.85. The zero-order valence-corrected chi connectivity index (χ0v) is 18.2. The van der Waals surface area contributed by atoms with Gasteiger partial charge in [-0.3, -0.25) is 0 Å². The van der Waals surface area contributed by atoms with Crippen molar-refractivity contribution in [2.75, 3.05) is 19.8 Å². The second-order valence-corrected chi connectivity index (χ2v) is 8.15. The van der Waals surface area contributed by atoms with Crippen molar-refractivity contribution in [2.24, 2.45) is 0 Å². The summed E-state index contributed by atoms with van der Waals surface area (Å²) in [7, 11) is 0. The van der Waals surface area contributed by atoms with E-state index in [0.717, 1.165) is 16.9 Å². The third-order valence-electron chi connectivity index (χ3n) is 5.76. The number of fused-ring (bicyclic) bond motifs is 2. The Balaban J connectivity index is 1.66. The van der Waals surface area contributed by atoms with Crippen LogP contribution in [0.15, 0.2) is 42.5 Å². The molecule has 7 nitrogen and oxygen atoms in total. The highest BCUT2D eigenvalue weighted by Crippen LogP contribution is 2.50. The second-order valence-electron chi connectivity index (χ2n) is 7.74. The van der Waals surface area contributed by atoms with E-state index in [1.807, 2.05) is 31.2 Å². The van der Waals surface area contributed by atoms with E-state index in [2.05, 4.69) is 0 Å². The maximum Gasteiger partial charge on any atom is 0.227 e. The lowest BCUT2D eigenvalue weighted by molar-refractivity contribution is -0.379. The van der Waals surface area contributed by atoms with Crippen LogP contribution in [0.4, 0.5) is 0 Å². The van der Waals surface area contributed by atoms with Crippen molar-refractivity contribution < 1.29 is 34.3 Å². The number of aliphatic hydroxyl groups is 3. The Labute approximate surface area is 186 Å². The molecule has 0 aromatic heterocycles. The van der Waals surface area contributed by atoms with Gasteiger partial charge in [0.05, 0.1) is 6.61 Å². The topological polar surface area (TPSA) is 97.6 Å². The predicted molar refractivity (Wildman–Crippen MR) is 113 cm³/mol. The van der Waals surface area contributed by atoms with Gasteiger partial charge in [0.1, 0.15) is 30.7 Å². The summed E-state index contributed by atoms with van der Waals surface area (Å²) < 4.78 is 23.0. The first-order valence-corrected chi connectivity index (χ1v) is 10.8. The molecule has 5 unspecified atom stereocenters. The molecule has 2 fully saturated rings. The van der Waals surface area contributed by atoms with E-state index in [4.69, 9.17) is 30.5 Å². The van der Waals surface area contributed by atoms with E-state index in [0.29, 0.717) is 23.6 Å². The number of ether oxygens (including phenoxy) is 4. The molecule has 4 rings (SSSR count). The van der Waals surface area contributed by atoms with Gasteiger partial charge in [-0.15, -0.1) is 0 Å². The number of hydrogen-bond donors (Lipinski definition) is 3. The normalized spacial score (nSPS) is 32.3. The molecule has 0 spiro atoms. The largest absolute Gasteiger partial charge is 0.494 e. The quantitative estimate of drug-likeness (QED) is 0.595. The van der Waals surface area contributed by atoms with E-state index >= 15 is 0 Å². The van der Waals surface area contributed by atoms with Crippen molar-refractivity contribution in [1.29, 1.82) is 0 Å². The standard InChI is InChI=1S/C23H27ClO7/c1-3-28-17-8-5-14(6-9-17)11-15-12-16(7-10-18(15)24)23-21(27)19(25)20(26)22(31-23,13-30-23)29-4-2/h5-10,12,19-21,25-27H,3-4,11,13H2,1-2H3. The Morgan fingerprint density at radius 2 is 1.77 bits per heavy atom. The van der Waals surface area contributed by atoms with Crippen LogP contribution in [0.2, 0.25) is 5.02 Å². The van der Waals surface area contributed by atoms with E-state index in [-0.39, 0.29) is 13.2 Å². The smallest absolute Gasteiger partial charge is 0.227 e. The van der Waals surface area contributed by atoms with Gasteiger partial charge in [0.15, 0.2) is 0 Å². The van der Waals surface area contributed by atoms with E-state index < -0.39 is 29.9 Å². The molecule has 2 bridgehead atoms. The fourth-order valence-electron chi connectivity index (χ4n) is 4.20. The van der Waals surface area contributed by atoms with Crippen molar-refractivity contribution in [3.05, 3.63) is 64.2 Å². The summed E-state index contributed by atoms with van der Waals surface area (Å²) in [6.07, 6.45) is -3.94. The molecule has 3 N–H and O–H groups in total. The zero-order chi connectivity index (χ0) is 22.2. The zero-order valence-electron chi connectivity index (χ0n) is 17.5. The Bertz CT molecular complexity index is 921. The van der Waals surface area contributed by atoms with Gasteiger partial charge in [0, 0.05) is 17.2 Å². The summed E-state index contributed by atoms with van der Waals surface area (Å²) in [5.74, 6) is -2.43. The molecule has 168 valence electrons. The van der Waals surface area contributed by atoms with Crippen LogP contribution in [0.1, 0.15) is 30.5 Å². The lowest BCUT2D eigenvalue weighted by Gasteiger charge is -2.46. The molecule has 2 saturated heterocycles. The van der Waals surface area contributed by atoms with Crippen LogP contribution in [0.5, 0.6) is 5.75 Å².